The second-order valence-electron chi connectivity index (χ2n) is 5.31. The highest BCUT2D eigenvalue weighted by atomic mass is 14.9. The van der Waals surface area contributed by atoms with E-state index in [-0.39, 0.29) is 0 Å². The van der Waals surface area contributed by atoms with Gasteiger partial charge in [-0.25, -0.2) is 0 Å². The molecule has 2 atom stereocenters. The molecule has 1 heteroatoms. The van der Waals surface area contributed by atoms with E-state index in [2.05, 4.69) is 50.4 Å². The number of nitrogens with one attached hydrogen (secondary N) is 1. The average Bonchev–Trinajstić information content (AvgIpc) is 3.09. The van der Waals surface area contributed by atoms with E-state index in [9.17, 15) is 0 Å². The topological polar surface area (TPSA) is 12.0 Å². The first-order valence-electron chi connectivity index (χ1n) is 6.47. The summed E-state index contributed by atoms with van der Waals surface area (Å²) in [5, 5.41) is 3.63. The molecule has 88 valence electrons. The van der Waals surface area contributed by atoms with Crippen molar-refractivity contribution < 1.29 is 0 Å². The van der Waals surface area contributed by atoms with Crippen molar-refractivity contribution in [2.75, 3.05) is 6.54 Å². The van der Waals surface area contributed by atoms with Gasteiger partial charge in [0.25, 0.3) is 0 Å². The van der Waals surface area contributed by atoms with Crippen LogP contribution in [0.15, 0.2) is 24.3 Å². The Balaban J connectivity index is 1.94. The minimum absolute atomic E-state index is 0.646. The maximum absolute atomic E-state index is 3.63. The van der Waals surface area contributed by atoms with Crippen LogP contribution in [0.2, 0.25) is 0 Å². The van der Waals surface area contributed by atoms with Crippen molar-refractivity contribution in [2.45, 2.75) is 45.6 Å². The van der Waals surface area contributed by atoms with Gasteiger partial charge in [0.1, 0.15) is 0 Å². The monoisotopic (exact) mass is 217 g/mol. The van der Waals surface area contributed by atoms with Crippen molar-refractivity contribution >= 4 is 0 Å². The fourth-order valence-corrected chi connectivity index (χ4v) is 2.22. The van der Waals surface area contributed by atoms with Crippen LogP contribution in [-0.2, 0) is 0 Å². The Labute approximate surface area is 99.3 Å². The third-order valence-corrected chi connectivity index (χ3v) is 3.84. The fraction of sp³-hybridized carbons (Fsp3) is 0.600. The first kappa shape index (κ1) is 11.7. The van der Waals surface area contributed by atoms with Crippen LogP contribution in [0.3, 0.4) is 0 Å². The summed E-state index contributed by atoms with van der Waals surface area (Å²) < 4.78 is 0. The lowest BCUT2D eigenvalue weighted by molar-refractivity contribution is 0.445. The number of aryl methyl sites for hydroxylation is 1. The molecule has 0 aliphatic heterocycles. The highest BCUT2D eigenvalue weighted by Gasteiger charge is 2.23. The van der Waals surface area contributed by atoms with Crippen LogP contribution in [0.5, 0.6) is 0 Å². The quantitative estimate of drug-likeness (QED) is 0.796. The molecule has 1 saturated carbocycles. The van der Waals surface area contributed by atoms with Crippen LogP contribution >= 0.6 is 0 Å². The Morgan fingerprint density at radius 3 is 2.56 bits per heavy atom. The minimum atomic E-state index is 0.646. The van der Waals surface area contributed by atoms with Gasteiger partial charge in [-0.1, -0.05) is 38.1 Å². The molecular weight excluding hydrogens is 194 g/mol. The molecule has 0 aromatic heterocycles. The van der Waals surface area contributed by atoms with Crippen molar-refractivity contribution in [3.8, 4) is 0 Å². The van der Waals surface area contributed by atoms with Crippen LogP contribution in [-0.4, -0.2) is 12.6 Å². The molecule has 1 aliphatic carbocycles. The lowest BCUT2D eigenvalue weighted by Crippen LogP contribution is -2.26. The molecule has 0 heterocycles. The summed E-state index contributed by atoms with van der Waals surface area (Å²) in [5.74, 6) is 1.36. The lowest BCUT2D eigenvalue weighted by Gasteiger charge is -2.22. The maximum Gasteiger partial charge on any atom is 0.00683 e. The molecule has 2 unspecified atom stereocenters. The lowest BCUT2D eigenvalue weighted by atomic mass is 9.86. The number of hydrogen-bond acceptors (Lipinski definition) is 1. The van der Waals surface area contributed by atoms with E-state index in [1.54, 1.807) is 0 Å². The number of hydrogen-bond donors (Lipinski definition) is 1. The minimum Gasteiger partial charge on any atom is -0.314 e. The van der Waals surface area contributed by atoms with Crippen molar-refractivity contribution in [1.29, 1.82) is 0 Å². The predicted octanol–water partition coefficient (Wildman–Crippen LogP) is 3.49. The van der Waals surface area contributed by atoms with E-state index >= 15 is 0 Å². The Hall–Kier alpha value is -0.820. The molecule has 1 aromatic carbocycles. The smallest absolute Gasteiger partial charge is 0.00683 e. The third kappa shape index (κ3) is 2.85. The average molecular weight is 217 g/mol. The van der Waals surface area contributed by atoms with Gasteiger partial charge < -0.3 is 5.32 Å². The standard InChI is InChI=1S/C15H23N/c1-11-6-4-5-7-15(11)13(3)12(2)10-16-14-8-9-14/h4-7,12-14,16H,8-10H2,1-3H3. The van der Waals surface area contributed by atoms with E-state index in [0.29, 0.717) is 11.8 Å². The third-order valence-electron chi connectivity index (χ3n) is 3.84. The normalized spacial score (nSPS) is 19.4. The highest BCUT2D eigenvalue weighted by Crippen LogP contribution is 2.27. The number of benzene rings is 1. The van der Waals surface area contributed by atoms with Crippen LogP contribution in [0, 0.1) is 12.8 Å². The molecule has 16 heavy (non-hydrogen) atoms. The van der Waals surface area contributed by atoms with Crippen LogP contribution in [0.4, 0.5) is 0 Å². The predicted molar refractivity (Wildman–Crippen MR) is 69.8 cm³/mol. The molecule has 0 radical (unpaired) electrons. The van der Waals surface area contributed by atoms with Gasteiger partial charge in [0.2, 0.25) is 0 Å². The zero-order chi connectivity index (χ0) is 11.5. The van der Waals surface area contributed by atoms with Gasteiger partial charge in [-0.3, -0.25) is 0 Å². The molecule has 0 saturated heterocycles. The summed E-state index contributed by atoms with van der Waals surface area (Å²) in [6, 6.07) is 9.59. The Morgan fingerprint density at radius 2 is 1.94 bits per heavy atom. The number of rotatable bonds is 5. The molecule has 2 rings (SSSR count). The van der Waals surface area contributed by atoms with E-state index in [1.807, 2.05) is 0 Å². The van der Waals surface area contributed by atoms with E-state index in [4.69, 9.17) is 0 Å². The van der Waals surface area contributed by atoms with Gasteiger partial charge in [0.15, 0.2) is 0 Å². The van der Waals surface area contributed by atoms with Gasteiger partial charge in [0, 0.05) is 6.04 Å². The van der Waals surface area contributed by atoms with Crippen molar-refractivity contribution in [1.82, 2.24) is 5.32 Å². The summed E-state index contributed by atoms with van der Waals surface area (Å²) in [5.41, 5.74) is 2.93. The van der Waals surface area contributed by atoms with Gasteiger partial charge in [-0.05, 0) is 49.3 Å². The molecule has 0 spiro atoms. The second-order valence-corrected chi connectivity index (χ2v) is 5.31. The first-order chi connectivity index (χ1) is 7.68. The molecule has 1 aliphatic rings. The van der Waals surface area contributed by atoms with E-state index in [1.165, 1.54) is 24.0 Å². The molecule has 1 nitrogen and oxygen atoms in total. The maximum atomic E-state index is 3.63. The summed E-state index contributed by atoms with van der Waals surface area (Å²) in [6.45, 7) is 8.07. The fourth-order valence-electron chi connectivity index (χ4n) is 2.22. The van der Waals surface area contributed by atoms with Gasteiger partial charge >= 0.3 is 0 Å². The van der Waals surface area contributed by atoms with Crippen molar-refractivity contribution in [3.05, 3.63) is 35.4 Å². The van der Waals surface area contributed by atoms with Gasteiger partial charge in [-0.15, -0.1) is 0 Å². The molecule has 1 aromatic rings. The van der Waals surface area contributed by atoms with Gasteiger partial charge in [0.05, 0.1) is 0 Å². The van der Waals surface area contributed by atoms with Crippen LogP contribution in [0.25, 0.3) is 0 Å². The Morgan fingerprint density at radius 1 is 1.25 bits per heavy atom. The molecule has 1 N–H and O–H groups in total. The molecule has 0 amide bonds. The zero-order valence-electron chi connectivity index (χ0n) is 10.7. The molecule has 0 bridgehead atoms. The molecular formula is C15H23N. The van der Waals surface area contributed by atoms with E-state index < -0.39 is 0 Å². The van der Waals surface area contributed by atoms with Crippen molar-refractivity contribution in [3.63, 3.8) is 0 Å². The van der Waals surface area contributed by atoms with Gasteiger partial charge in [-0.2, -0.15) is 0 Å². The molecule has 1 fully saturated rings. The summed E-state index contributed by atoms with van der Waals surface area (Å²) in [6.07, 6.45) is 2.76. The van der Waals surface area contributed by atoms with Crippen molar-refractivity contribution in [2.24, 2.45) is 5.92 Å². The SMILES string of the molecule is Cc1ccccc1C(C)C(C)CNC1CC1. The van der Waals surface area contributed by atoms with E-state index in [0.717, 1.165) is 12.6 Å². The Kier molecular flexibility index (Phi) is 3.65. The first-order valence-corrected chi connectivity index (χ1v) is 6.47. The largest absolute Gasteiger partial charge is 0.314 e. The summed E-state index contributed by atoms with van der Waals surface area (Å²) in [4.78, 5) is 0. The summed E-state index contributed by atoms with van der Waals surface area (Å²) in [7, 11) is 0. The Bertz CT molecular complexity index is 341. The van der Waals surface area contributed by atoms with Crippen LogP contribution < -0.4 is 5.32 Å². The second kappa shape index (κ2) is 5.01. The summed E-state index contributed by atoms with van der Waals surface area (Å²) >= 11 is 0. The zero-order valence-corrected chi connectivity index (χ0v) is 10.7. The highest BCUT2D eigenvalue weighted by molar-refractivity contribution is 5.29. The van der Waals surface area contributed by atoms with Crippen LogP contribution in [0.1, 0.15) is 43.7 Å².